The van der Waals surface area contributed by atoms with Gasteiger partial charge in [0, 0.05) is 0 Å². The van der Waals surface area contributed by atoms with Crippen LogP contribution in [0.25, 0.3) is 0 Å². The van der Waals surface area contributed by atoms with Crippen LogP contribution in [0.5, 0.6) is 0 Å². The quantitative estimate of drug-likeness (QED) is 0.703. The third-order valence-corrected chi connectivity index (χ3v) is 5.01. The zero-order chi connectivity index (χ0) is 11.0. The van der Waals surface area contributed by atoms with Crippen LogP contribution < -0.4 is 0 Å². The van der Waals surface area contributed by atoms with Crippen molar-refractivity contribution in [2.45, 2.75) is 24.1 Å². The average Bonchev–Trinajstić information content (AvgIpc) is 2.98. The van der Waals surface area contributed by atoms with Gasteiger partial charge >= 0.3 is 0 Å². The van der Waals surface area contributed by atoms with Gasteiger partial charge in [0.1, 0.15) is 0 Å². The van der Waals surface area contributed by atoms with Crippen LogP contribution in [0.15, 0.2) is 35.0 Å². The average molecular weight is 293 g/mol. The Morgan fingerprint density at radius 3 is 2.75 bits per heavy atom. The van der Waals surface area contributed by atoms with Gasteiger partial charge in [0.15, 0.2) is 0 Å². The predicted octanol–water partition coefficient (Wildman–Crippen LogP) is 4.72. The summed E-state index contributed by atoms with van der Waals surface area (Å²) in [5.74, 6) is 0. The normalized spacial score (nSPS) is 16.1. The van der Waals surface area contributed by atoms with Crippen LogP contribution in [0.2, 0.25) is 0 Å². The number of benzene rings is 1. The second-order valence-electron chi connectivity index (χ2n) is 4.30. The molecule has 1 aromatic heterocycles. The largest absolute Gasteiger partial charge is 0.152 e. The van der Waals surface area contributed by atoms with Crippen molar-refractivity contribution in [3.63, 3.8) is 0 Å². The van der Waals surface area contributed by atoms with E-state index in [1.165, 1.54) is 30.4 Å². The van der Waals surface area contributed by atoms with Crippen LogP contribution in [-0.2, 0) is 12.8 Å². The number of rotatable bonds is 2. The second kappa shape index (κ2) is 4.34. The lowest BCUT2D eigenvalue weighted by molar-refractivity contribution is 0.911. The number of alkyl halides is 1. The summed E-state index contributed by atoms with van der Waals surface area (Å²) in [5.41, 5.74) is 5.85. The molecule has 0 spiro atoms. The number of halogens is 1. The minimum Gasteiger partial charge on any atom is -0.152 e. The number of thiophene rings is 1. The fourth-order valence-corrected chi connectivity index (χ4v) is 3.79. The molecule has 1 atom stereocenters. The summed E-state index contributed by atoms with van der Waals surface area (Å²) in [7, 11) is 0. The molecule has 0 saturated carbocycles. The molecule has 82 valence electrons. The predicted molar refractivity (Wildman–Crippen MR) is 73.6 cm³/mol. The highest BCUT2D eigenvalue weighted by Crippen LogP contribution is 2.34. The maximum absolute atomic E-state index is 3.79. The molecule has 0 N–H and O–H groups in total. The van der Waals surface area contributed by atoms with Crippen LogP contribution >= 0.6 is 27.3 Å². The Balaban J connectivity index is 1.95. The fraction of sp³-hybridized carbons (Fsp3) is 0.286. The van der Waals surface area contributed by atoms with Crippen LogP contribution in [-0.4, -0.2) is 0 Å². The van der Waals surface area contributed by atoms with Gasteiger partial charge in [-0.25, -0.2) is 0 Å². The van der Waals surface area contributed by atoms with Crippen LogP contribution in [0, 0.1) is 0 Å². The van der Waals surface area contributed by atoms with Gasteiger partial charge in [0.2, 0.25) is 0 Å². The lowest BCUT2D eigenvalue weighted by Crippen LogP contribution is -1.93. The van der Waals surface area contributed by atoms with Crippen LogP contribution in [0.1, 0.15) is 33.5 Å². The van der Waals surface area contributed by atoms with E-state index in [-0.39, 0.29) is 0 Å². The SMILES string of the molecule is BrC(c1ccsc1)c1ccc2c(c1)CCC2. The van der Waals surface area contributed by atoms with E-state index in [9.17, 15) is 0 Å². The van der Waals surface area contributed by atoms with Gasteiger partial charge in [0.25, 0.3) is 0 Å². The first kappa shape index (κ1) is 10.5. The molecule has 3 rings (SSSR count). The van der Waals surface area contributed by atoms with Gasteiger partial charge in [-0.05, 0) is 58.3 Å². The molecule has 0 nitrogen and oxygen atoms in total. The highest BCUT2D eigenvalue weighted by atomic mass is 79.9. The highest BCUT2D eigenvalue weighted by molar-refractivity contribution is 9.09. The second-order valence-corrected chi connectivity index (χ2v) is 6.00. The molecule has 0 aliphatic heterocycles. The van der Waals surface area contributed by atoms with E-state index in [4.69, 9.17) is 0 Å². The number of hydrogen-bond donors (Lipinski definition) is 0. The van der Waals surface area contributed by atoms with E-state index >= 15 is 0 Å². The zero-order valence-corrected chi connectivity index (χ0v) is 11.4. The molecule has 1 heterocycles. The summed E-state index contributed by atoms with van der Waals surface area (Å²) in [5, 5.41) is 4.35. The fourth-order valence-electron chi connectivity index (χ4n) is 2.36. The Morgan fingerprint density at radius 1 is 1.06 bits per heavy atom. The van der Waals surface area contributed by atoms with Crippen molar-refractivity contribution in [3.8, 4) is 0 Å². The first-order chi connectivity index (χ1) is 7.84. The molecule has 1 aromatic carbocycles. The molecule has 2 aromatic rings. The molecule has 1 aliphatic carbocycles. The third-order valence-electron chi connectivity index (χ3n) is 3.25. The third kappa shape index (κ3) is 1.85. The van der Waals surface area contributed by atoms with Crippen molar-refractivity contribution in [1.82, 2.24) is 0 Å². The molecule has 0 amide bonds. The standard InChI is InChI=1S/C14H13BrS/c15-14(13-6-7-16-9-13)12-5-4-10-2-1-3-11(10)8-12/h4-9,14H,1-3H2. The monoisotopic (exact) mass is 292 g/mol. The van der Waals surface area contributed by atoms with Gasteiger partial charge in [-0.1, -0.05) is 34.1 Å². The van der Waals surface area contributed by atoms with Gasteiger partial charge in [-0.2, -0.15) is 11.3 Å². The number of fused-ring (bicyclic) bond motifs is 1. The first-order valence-corrected chi connectivity index (χ1v) is 7.48. The van der Waals surface area contributed by atoms with Gasteiger partial charge in [-0.3, -0.25) is 0 Å². The molecular weight excluding hydrogens is 280 g/mol. The summed E-state index contributed by atoms with van der Waals surface area (Å²) in [4.78, 5) is 0.352. The number of aryl methyl sites for hydroxylation is 2. The molecule has 1 unspecified atom stereocenters. The van der Waals surface area contributed by atoms with Crippen molar-refractivity contribution < 1.29 is 0 Å². The zero-order valence-electron chi connectivity index (χ0n) is 8.95. The van der Waals surface area contributed by atoms with Crippen molar-refractivity contribution in [1.29, 1.82) is 0 Å². The summed E-state index contributed by atoms with van der Waals surface area (Å²) < 4.78 is 0. The van der Waals surface area contributed by atoms with E-state index in [0.29, 0.717) is 4.83 Å². The first-order valence-electron chi connectivity index (χ1n) is 5.62. The lowest BCUT2D eigenvalue weighted by atomic mass is 10.0. The Labute approximate surface area is 108 Å². The van der Waals surface area contributed by atoms with E-state index in [0.717, 1.165) is 0 Å². The topological polar surface area (TPSA) is 0 Å². The van der Waals surface area contributed by atoms with E-state index in [2.05, 4.69) is 51.0 Å². The maximum Gasteiger partial charge on any atom is 0.0652 e. The van der Waals surface area contributed by atoms with E-state index < -0.39 is 0 Å². The summed E-state index contributed by atoms with van der Waals surface area (Å²) >= 11 is 5.55. The molecule has 0 bridgehead atoms. The van der Waals surface area contributed by atoms with Crippen LogP contribution in [0.4, 0.5) is 0 Å². The number of hydrogen-bond acceptors (Lipinski definition) is 1. The van der Waals surface area contributed by atoms with E-state index in [1.54, 1.807) is 22.5 Å². The minimum absolute atomic E-state index is 0.352. The molecular formula is C14H13BrS. The minimum atomic E-state index is 0.352. The molecule has 2 heteroatoms. The molecule has 0 saturated heterocycles. The van der Waals surface area contributed by atoms with Crippen molar-refractivity contribution >= 4 is 27.3 Å². The van der Waals surface area contributed by atoms with Gasteiger partial charge < -0.3 is 0 Å². The molecule has 16 heavy (non-hydrogen) atoms. The van der Waals surface area contributed by atoms with Crippen molar-refractivity contribution in [2.75, 3.05) is 0 Å². The molecule has 0 radical (unpaired) electrons. The van der Waals surface area contributed by atoms with E-state index in [1.807, 2.05) is 0 Å². The Kier molecular flexibility index (Phi) is 2.86. The maximum atomic E-state index is 3.79. The lowest BCUT2D eigenvalue weighted by Gasteiger charge is -2.10. The molecule has 1 aliphatic rings. The van der Waals surface area contributed by atoms with Gasteiger partial charge in [0.05, 0.1) is 4.83 Å². The highest BCUT2D eigenvalue weighted by Gasteiger charge is 2.15. The Hall–Kier alpha value is -0.600. The van der Waals surface area contributed by atoms with Crippen LogP contribution in [0.3, 0.4) is 0 Å². The van der Waals surface area contributed by atoms with Gasteiger partial charge in [-0.15, -0.1) is 0 Å². The Morgan fingerprint density at radius 2 is 1.94 bits per heavy atom. The van der Waals surface area contributed by atoms with Crippen molar-refractivity contribution in [3.05, 3.63) is 57.3 Å². The summed E-state index contributed by atoms with van der Waals surface area (Å²) in [6.07, 6.45) is 3.84. The Bertz CT molecular complexity index is 487. The smallest absolute Gasteiger partial charge is 0.0652 e. The van der Waals surface area contributed by atoms with Crippen molar-refractivity contribution in [2.24, 2.45) is 0 Å². The summed E-state index contributed by atoms with van der Waals surface area (Å²) in [6, 6.07) is 9.14. The summed E-state index contributed by atoms with van der Waals surface area (Å²) in [6.45, 7) is 0. The molecule has 0 fully saturated rings.